The van der Waals surface area contributed by atoms with Gasteiger partial charge < -0.3 is 14.8 Å². The fourth-order valence-corrected chi connectivity index (χ4v) is 4.72. The Labute approximate surface area is 145 Å². The number of ether oxygens (including phenoxy) is 2. The zero-order valence-electron chi connectivity index (χ0n) is 14.7. The van der Waals surface area contributed by atoms with Crippen LogP contribution in [-0.2, 0) is 9.47 Å². The predicted molar refractivity (Wildman–Crippen MR) is 92.3 cm³/mol. The van der Waals surface area contributed by atoms with Crippen LogP contribution in [0.3, 0.4) is 0 Å². The highest BCUT2D eigenvalue weighted by Gasteiger charge is 2.45. The number of fused-ring (bicyclic) bond motifs is 4. The summed E-state index contributed by atoms with van der Waals surface area (Å²) in [7, 11) is 0. The zero-order valence-corrected chi connectivity index (χ0v) is 14.7. The summed E-state index contributed by atoms with van der Waals surface area (Å²) in [5.41, 5.74) is 7.10. The fourth-order valence-electron chi connectivity index (χ4n) is 4.72. The van der Waals surface area contributed by atoms with Gasteiger partial charge in [0.05, 0.1) is 37.8 Å². The summed E-state index contributed by atoms with van der Waals surface area (Å²) in [6, 6.07) is 1.41. The Morgan fingerprint density at radius 1 is 1.00 bits per heavy atom. The van der Waals surface area contributed by atoms with E-state index in [1.807, 2.05) is 0 Å². The minimum Gasteiger partial charge on any atom is -0.375 e. The van der Waals surface area contributed by atoms with Crippen LogP contribution in [0.15, 0.2) is 0 Å². The third-order valence-electron chi connectivity index (χ3n) is 6.06. The predicted octanol–water partition coefficient (Wildman–Crippen LogP) is -0.350. The van der Waals surface area contributed by atoms with Gasteiger partial charge in [0.1, 0.15) is 0 Å². The number of hydrogen-bond acceptors (Lipinski definition) is 7. The third kappa shape index (κ3) is 3.93. The number of hydrazine groups is 1. The van der Waals surface area contributed by atoms with Crippen molar-refractivity contribution in [2.75, 3.05) is 26.4 Å². The standard InChI is InChI=1S/C17H33N5O2/c1-11-4-6-18-10-23-9-12-5-7-19-17(20-12)16-14-8-13(24-11)2-3-15(14)21-22-16/h11-22H,2-10H2,1H3/t11-,12?,13?,14?,15?,16?,17?/m1/s1. The van der Waals surface area contributed by atoms with Crippen molar-refractivity contribution in [3.8, 4) is 0 Å². The third-order valence-corrected chi connectivity index (χ3v) is 6.06. The van der Waals surface area contributed by atoms with E-state index in [-0.39, 0.29) is 0 Å². The van der Waals surface area contributed by atoms with Gasteiger partial charge in [0, 0.05) is 12.1 Å². The molecule has 6 unspecified atom stereocenters. The lowest BCUT2D eigenvalue weighted by Crippen LogP contribution is -2.64. The molecule has 0 aromatic carbocycles. The largest absolute Gasteiger partial charge is 0.375 e. The second-order valence-electron chi connectivity index (χ2n) is 7.85. The van der Waals surface area contributed by atoms with E-state index < -0.39 is 0 Å². The lowest BCUT2D eigenvalue weighted by molar-refractivity contribution is -0.0396. The molecule has 7 heteroatoms. The van der Waals surface area contributed by atoms with Gasteiger partial charge in [-0.25, -0.2) is 0 Å². The molecule has 4 bridgehead atoms. The van der Waals surface area contributed by atoms with Crippen LogP contribution in [0.1, 0.15) is 39.0 Å². The average molecular weight is 339 g/mol. The summed E-state index contributed by atoms with van der Waals surface area (Å²) < 4.78 is 12.2. The summed E-state index contributed by atoms with van der Waals surface area (Å²) in [6.45, 7) is 5.60. The smallest absolute Gasteiger partial charge is 0.0966 e. The van der Waals surface area contributed by atoms with Gasteiger partial charge in [0.25, 0.3) is 0 Å². The summed E-state index contributed by atoms with van der Waals surface area (Å²) in [5, 5.41) is 10.8. The maximum atomic E-state index is 6.35. The SMILES string of the molecule is C[C@@H]1CCNCOCC2CCNC(N2)C2NNC3CCC(CC32)O1. The number of rotatable bonds is 0. The number of nitrogens with one attached hydrogen (secondary N) is 5. The van der Waals surface area contributed by atoms with Crippen molar-refractivity contribution >= 4 is 0 Å². The summed E-state index contributed by atoms with van der Waals surface area (Å²) in [4.78, 5) is 0. The van der Waals surface area contributed by atoms with Crippen LogP contribution in [0.2, 0.25) is 0 Å². The van der Waals surface area contributed by atoms with E-state index >= 15 is 0 Å². The molecule has 7 atom stereocenters. The first-order valence-electron chi connectivity index (χ1n) is 9.74. The van der Waals surface area contributed by atoms with Gasteiger partial charge in [0.2, 0.25) is 0 Å². The second-order valence-corrected chi connectivity index (χ2v) is 7.85. The average Bonchev–Trinajstić information content (AvgIpc) is 3.01. The van der Waals surface area contributed by atoms with Gasteiger partial charge in [-0.1, -0.05) is 0 Å². The molecule has 4 rings (SSSR count). The molecule has 0 radical (unpaired) electrons. The topological polar surface area (TPSA) is 78.6 Å². The summed E-state index contributed by atoms with van der Waals surface area (Å²) in [6.07, 6.45) is 6.66. The molecule has 0 amide bonds. The molecule has 3 saturated heterocycles. The van der Waals surface area contributed by atoms with E-state index in [2.05, 4.69) is 33.7 Å². The van der Waals surface area contributed by atoms with Crippen molar-refractivity contribution in [2.45, 2.75) is 75.5 Å². The molecule has 1 saturated carbocycles. The van der Waals surface area contributed by atoms with Crippen molar-refractivity contribution in [1.82, 2.24) is 26.8 Å². The first kappa shape index (κ1) is 17.1. The Morgan fingerprint density at radius 3 is 2.92 bits per heavy atom. The quantitative estimate of drug-likeness (QED) is 0.413. The molecule has 7 nitrogen and oxygen atoms in total. The molecule has 0 spiro atoms. The van der Waals surface area contributed by atoms with E-state index in [9.17, 15) is 0 Å². The van der Waals surface area contributed by atoms with Gasteiger partial charge in [0.15, 0.2) is 0 Å². The molecule has 24 heavy (non-hydrogen) atoms. The van der Waals surface area contributed by atoms with E-state index in [1.165, 1.54) is 6.42 Å². The van der Waals surface area contributed by atoms with Gasteiger partial charge in [-0.2, -0.15) is 0 Å². The van der Waals surface area contributed by atoms with Crippen molar-refractivity contribution in [3.63, 3.8) is 0 Å². The lowest BCUT2D eigenvalue weighted by Gasteiger charge is -2.40. The van der Waals surface area contributed by atoms with Crippen LogP contribution in [-0.4, -0.2) is 62.9 Å². The van der Waals surface area contributed by atoms with Crippen LogP contribution in [0.5, 0.6) is 0 Å². The van der Waals surface area contributed by atoms with Crippen LogP contribution in [0, 0.1) is 5.92 Å². The van der Waals surface area contributed by atoms with Gasteiger partial charge in [-0.05, 0) is 58.0 Å². The van der Waals surface area contributed by atoms with Crippen molar-refractivity contribution < 1.29 is 9.47 Å². The van der Waals surface area contributed by atoms with Gasteiger partial charge in [-0.15, -0.1) is 0 Å². The van der Waals surface area contributed by atoms with E-state index in [4.69, 9.17) is 9.47 Å². The first-order chi connectivity index (χ1) is 11.8. The van der Waals surface area contributed by atoms with Crippen LogP contribution in [0.4, 0.5) is 0 Å². The van der Waals surface area contributed by atoms with Crippen molar-refractivity contribution in [3.05, 3.63) is 0 Å². The molecule has 3 heterocycles. The minimum absolute atomic E-state index is 0.295. The second kappa shape index (κ2) is 7.95. The highest BCUT2D eigenvalue weighted by molar-refractivity contribution is 5.01. The Kier molecular flexibility index (Phi) is 5.68. The normalized spacial score (nSPS) is 47.6. The van der Waals surface area contributed by atoms with Crippen molar-refractivity contribution in [1.29, 1.82) is 0 Å². The van der Waals surface area contributed by atoms with E-state index in [1.54, 1.807) is 0 Å². The maximum Gasteiger partial charge on any atom is 0.0966 e. The molecule has 0 aromatic rings. The molecular formula is C17H33N5O2. The van der Waals surface area contributed by atoms with Crippen LogP contribution < -0.4 is 26.8 Å². The minimum atomic E-state index is 0.295. The first-order valence-corrected chi connectivity index (χ1v) is 9.74. The molecule has 5 N–H and O–H groups in total. The lowest BCUT2D eigenvalue weighted by atomic mass is 9.79. The maximum absolute atomic E-state index is 6.35. The van der Waals surface area contributed by atoms with Gasteiger partial charge in [-0.3, -0.25) is 21.5 Å². The van der Waals surface area contributed by atoms with Crippen LogP contribution >= 0.6 is 0 Å². The molecule has 4 fully saturated rings. The molecule has 138 valence electrons. The van der Waals surface area contributed by atoms with E-state index in [0.29, 0.717) is 49.1 Å². The molecule has 3 aliphatic heterocycles. The number of hydrogen-bond donors (Lipinski definition) is 5. The molecule has 1 aliphatic carbocycles. The highest BCUT2D eigenvalue weighted by Crippen LogP contribution is 2.34. The molecular weight excluding hydrogens is 306 g/mol. The van der Waals surface area contributed by atoms with Crippen molar-refractivity contribution in [2.24, 2.45) is 5.92 Å². The summed E-state index contributed by atoms with van der Waals surface area (Å²) in [5.74, 6) is 0.615. The summed E-state index contributed by atoms with van der Waals surface area (Å²) >= 11 is 0. The highest BCUT2D eigenvalue weighted by atomic mass is 16.5. The Hall–Kier alpha value is -0.280. The van der Waals surface area contributed by atoms with Crippen LogP contribution in [0.25, 0.3) is 0 Å². The Morgan fingerprint density at radius 2 is 1.96 bits per heavy atom. The fraction of sp³-hybridized carbons (Fsp3) is 1.00. The van der Waals surface area contributed by atoms with E-state index in [0.717, 1.165) is 45.4 Å². The Balaban J connectivity index is 1.46. The molecule has 4 aliphatic rings. The van der Waals surface area contributed by atoms with Gasteiger partial charge >= 0.3 is 0 Å². The zero-order chi connectivity index (χ0) is 16.4. The Bertz CT molecular complexity index is 412. The molecule has 0 aromatic heterocycles. The monoisotopic (exact) mass is 339 g/mol.